The molecule has 19 heavy (non-hydrogen) atoms. The first-order valence-electron chi connectivity index (χ1n) is 7.36. The highest BCUT2D eigenvalue weighted by atomic mass is 16.5. The van der Waals surface area contributed by atoms with Crippen molar-refractivity contribution in [3.05, 3.63) is 34.4 Å². The van der Waals surface area contributed by atoms with E-state index in [0.29, 0.717) is 17.8 Å². The van der Waals surface area contributed by atoms with Crippen LogP contribution >= 0.6 is 0 Å². The van der Waals surface area contributed by atoms with Gasteiger partial charge in [-0.05, 0) is 46.9 Å². The zero-order valence-electron chi connectivity index (χ0n) is 13.4. The zero-order chi connectivity index (χ0) is 14.7. The lowest BCUT2D eigenvalue weighted by Gasteiger charge is -2.26. The van der Waals surface area contributed by atoms with E-state index < -0.39 is 0 Å². The number of rotatable bonds is 5. The van der Waals surface area contributed by atoms with Gasteiger partial charge in [0.1, 0.15) is 0 Å². The van der Waals surface area contributed by atoms with Gasteiger partial charge in [0.25, 0.3) is 0 Å². The Labute approximate surface area is 118 Å². The average molecular weight is 263 g/mol. The molecule has 0 bridgehead atoms. The van der Waals surface area contributed by atoms with Gasteiger partial charge in [-0.3, -0.25) is 0 Å². The van der Waals surface area contributed by atoms with E-state index in [1.54, 1.807) is 0 Å². The molecule has 2 nitrogen and oxygen atoms in total. The molecule has 0 aliphatic rings. The van der Waals surface area contributed by atoms with Gasteiger partial charge in [-0.15, -0.1) is 0 Å². The Bertz CT molecular complexity index is 392. The second kappa shape index (κ2) is 6.53. The van der Waals surface area contributed by atoms with Gasteiger partial charge >= 0.3 is 0 Å². The molecule has 0 aliphatic heterocycles. The van der Waals surface area contributed by atoms with Crippen molar-refractivity contribution in [3.63, 3.8) is 0 Å². The Morgan fingerprint density at radius 3 is 1.47 bits per heavy atom. The van der Waals surface area contributed by atoms with E-state index in [9.17, 15) is 5.21 Å². The lowest BCUT2D eigenvalue weighted by molar-refractivity contribution is 0.132. The molecule has 2 heteroatoms. The molecule has 0 amide bonds. The molecular formula is C17H29NO. The molecule has 0 spiro atoms. The highest BCUT2D eigenvalue weighted by Crippen LogP contribution is 2.35. The molecule has 0 aliphatic carbocycles. The maximum atomic E-state index is 9.33. The van der Waals surface area contributed by atoms with Gasteiger partial charge in [0, 0.05) is 0 Å². The van der Waals surface area contributed by atoms with E-state index in [4.69, 9.17) is 0 Å². The van der Waals surface area contributed by atoms with E-state index in [1.807, 2.05) is 6.92 Å². The van der Waals surface area contributed by atoms with Gasteiger partial charge < -0.3 is 5.21 Å². The fourth-order valence-electron chi connectivity index (χ4n) is 2.58. The summed E-state index contributed by atoms with van der Waals surface area (Å²) < 4.78 is 0. The van der Waals surface area contributed by atoms with Gasteiger partial charge in [0.2, 0.25) is 0 Å². The highest BCUT2D eigenvalue weighted by Gasteiger charge is 2.20. The Kier molecular flexibility index (Phi) is 5.57. The van der Waals surface area contributed by atoms with Crippen LogP contribution in [0, 0.1) is 0 Å². The molecule has 1 atom stereocenters. The Morgan fingerprint density at radius 1 is 0.789 bits per heavy atom. The van der Waals surface area contributed by atoms with Gasteiger partial charge in [-0.1, -0.05) is 53.7 Å². The second-order valence-electron chi connectivity index (χ2n) is 6.43. The molecule has 1 aromatic carbocycles. The standard InChI is InChI=1S/C17H29NO/c1-10(2)14-8-15(11(3)4)17(13(7)18-19)16(9-14)12(5)6/h8-13,18-19H,1-7H3. The number of hydrogen-bond acceptors (Lipinski definition) is 2. The summed E-state index contributed by atoms with van der Waals surface area (Å²) in [7, 11) is 0. The maximum absolute atomic E-state index is 9.33. The predicted octanol–water partition coefficient (Wildman–Crippen LogP) is 5.10. The van der Waals surface area contributed by atoms with Crippen LogP contribution < -0.4 is 5.48 Å². The summed E-state index contributed by atoms with van der Waals surface area (Å²) >= 11 is 0. The molecule has 2 N–H and O–H groups in total. The third kappa shape index (κ3) is 3.58. The molecule has 108 valence electrons. The van der Waals surface area contributed by atoms with Crippen LogP contribution in [0.15, 0.2) is 12.1 Å². The van der Waals surface area contributed by atoms with Crippen molar-refractivity contribution in [2.24, 2.45) is 0 Å². The van der Waals surface area contributed by atoms with E-state index in [-0.39, 0.29) is 6.04 Å². The molecule has 1 aromatic rings. The van der Waals surface area contributed by atoms with Crippen molar-refractivity contribution in [3.8, 4) is 0 Å². The SMILES string of the molecule is CC(C)c1cc(C(C)C)c(C(C)NO)c(C(C)C)c1. The van der Waals surface area contributed by atoms with Crippen molar-refractivity contribution in [2.45, 2.75) is 72.3 Å². The second-order valence-corrected chi connectivity index (χ2v) is 6.43. The van der Waals surface area contributed by atoms with Gasteiger partial charge in [-0.25, -0.2) is 0 Å². The smallest absolute Gasteiger partial charge is 0.0546 e. The molecule has 0 aromatic heterocycles. The Morgan fingerprint density at radius 2 is 1.21 bits per heavy atom. The minimum atomic E-state index is -0.0315. The highest BCUT2D eigenvalue weighted by molar-refractivity contribution is 5.45. The largest absolute Gasteiger partial charge is 0.316 e. The van der Waals surface area contributed by atoms with Crippen LogP contribution in [-0.2, 0) is 0 Å². The average Bonchev–Trinajstić information content (AvgIpc) is 2.35. The fraction of sp³-hybridized carbons (Fsp3) is 0.647. The topological polar surface area (TPSA) is 32.3 Å². The van der Waals surface area contributed by atoms with Crippen LogP contribution in [-0.4, -0.2) is 5.21 Å². The Hall–Kier alpha value is -0.860. The van der Waals surface area contributed by atoms with Crippen molar-refractivity contribution in [1.29, 1.82) is 0 Å². The summed E-state index contributed by atoms with van der Waals surface area (Å²) in [6, 6.07) is 4.59. The van der Waals surface area contributed by atoms with E-state index >= 15 is 0 Å². The molecule has 1 unspecified atom stereocenters. The van der Waals surface area contributed by atoms with Crippen molar-refractivity contribution >= 4 is 0 Å². The molecule has 0 saturated heterocycles. The van der Waals surface area contributed by atoms with Crippen LogP contribution in [0.4, 0.5) is 0 Å². The number of hydrogen-bond donors (Lipinski definition) is 2. The monoisotopic (exact) mass is 263 g/mol. The summed E-state index contributed by atoms with van der Waals surface area (Å²) in [6.07, 6.45) is 0. The summed E-state index contributed by atoms with van der Waals surface area (Å²) in [4.78, 5) is 0. The number of hydroxylamine groups is 1. The van der Waals surface area contributed by atoms with Gasteiger partial charge in [-0.2, -0.15) is 5.48 Å². The van der Waals surface area contributed by atoms with E-state index in [1.165, 1.54) is 22.3 Å². The van der Waals surface area contributed by atoms with E-state index in [2.05, 4.69) is 59.2 Å². The van der Waals surface area contributed by atoms with Crippen LogP contribution in [0.25, 0.3) is 0 Å². The molecule has 0 heterocycles. The first-order valence-corrected chi connectivity index (χ1v) is 7.36. The summed E-state index contributed by atoms with van der Waals surface area (Å²) in [6.45, 7) is 15.4. The maximum Gasteiger partial charge on any atom is 0.0546 e. The third-order valence-electron chi connectivity index (χ3n) is 3.80. The van der Waals surface area contributed by atoms with Crippen LogP contribution in [0.5, 0.6) is 0 Å². The minimum absolute atomic E-state index is 0.0315. The first kappa shape index (κ1) is 16.2. The normalized spacial score (nSPS) is 13.6. The fourth-order valence-corrected chi connectivity index (χ4v) is 2.58. The van der Waals surface area contributed by atoms with Crippen LogP contribution in [0.3, 0.4) is 0 Å². The quantitative estimate of drug-likeness (QED) is 0.725. The van der Waals surface area contributed by atoms with Gasteiger partial charge in [0.05, 0.1) is 6.04 Å². The minimum Gasteiger partial charge on any atom is -0.316 e. The lowest BCUT2D eigenvalue weighted by Crippen LogP contribution is -2.19. The first-order chi connectivity index (χ1) is 8.79. The van der Waals surface area contributed by atoms with Gasteiger partial charge in [0.15, 0.2) is 0 Å². The van der Waals surface area contributed by atoms with Crippen molar-refractivity contribution in [2.75, 3.05) is 0 Å². The number of benzene rings is 1. The Balaban J connectivity index is 3.55. The molecule has 1 rings (SSSR count). The van der Waals surface area contributed by atoms with Crippen LogP contribution in [0.1, 0.15) is 94.5 Å². The molecule has 0 radical (unpaired) electrons. The van der Waals surface area contributed by atoms with Crippen molar-refractivity contribution in [1.82, 2.24) is 5.48 Å². The molecular weight excluding hydrogens is 234 g/mol. The summed E-state index contributed by atoms with van der Waals surface area (Å²) in [5.74, 6) is 1.45. The molecule has 0 saturated carbocycles. The zero-order valence-corrected chi connectivity index (χ0v) is 13.4. The van der Waals surface area contributed by atoms with Crippen molar-refractivity contribution < 1.29 is 5.21 Å². The summed E-state index contributed by atoms with van der Waals surface area (Å²) in [5, 5.41) is 9.33. The third-order valence-corrected chi connectivity index (χ3v) is 3.80. The number of nitrogens with one attached hydrogen (secondary N) is 1. The summed E-state index contributed by atoms with van der Waals surface area (Å²) in [5.41, 5.74) is 7.77. The predicted molar refractivity (Wildman–Crippen MR) is 82.0 cm³/mol. The van der Waals surface area contributed by atoms with Crippen LogP contribution in [0.2, 0.25) is 0 Å². The van der Waals surface area contributed by atoms with E-state index in [0.717, 1.165) is 0 Å². The lowest BCUT2D eigenvalue weighted by atomic mass is 9.82. The molecule has 0 fully saturated rings.